The van der Waals surface area contributed by atoms with Crippen LogP contribution in [0.4, 0.5) is 0 Å². The molecule has 0 aliphatic carbocycles. The standard InChI is InChI=1S/C17H13NO2/c1-11-13(17(19)20)9-10-16(18-11)15-8-4-6-12-5-2-3-7-14(12)15/h2-10H,1H3,(H,19,20)/p-1. The normalized spacial score (nSPS) is 10.7. The second-order valence-corrected chi connectivity index (χ2v) is 4.64. The van der Waals surface area contributed by atoms with Crippen LogP contribution in [0.5, 0.6) is 0 Å². The predicted octanol–water partition coefficient (Wildman–Crippen LogP) is 2.57. The van der Waals surface area contributed by atoms with E-state index in [0.29, 0.717) is 5.69 Å². The molecule has 0 fully saturated rings. The van der Waals surface area contributed by atoms with Crippen molar-refractivity contribution < 1.29 is 9.90 Å². The molecule has 1 heterocycles. The zero-order chi connectivity index (χ0) is 14.1. The Morgan fingerprint density at radius 1 is 1.00 bits per heavy atom. The first-order chi connectivity index (χ1) is 9.66. The molecule has 0 radical (unpaired) electrons. The molecule has 0 unspecified atom stereocenters. The molecule has 98 valence electrons. The summed E-state index contributed by atoms with van der Waals surface area (Å²) < 4.78 is 0. The van der Waals surface area contributed by atoms with E-state index in [1.165, 1.54) is 0 Å². The Hall–Kier alpha value is -2.68. The number of fused-ring (bicyclic) bond motifs is 1. The third kappa shape index (κ3) is 2.03. The lowest BCUT2D eigenvalue weighted by Gasteiger charge is -2.10. The Balaban J connectivity index is 2.21. The number of nitrogens with zero attached hydrogens (tertiary/aromatic N) is 1. The number of aryl methyl sites for hydroxylation is 1. The van der Waals surface area contributed by atoms with Crippen LogP contribution in [0.2, 0.25) is 0 Å². The van der Waals surface area contributed by atoms with Crippen molar-refractivity contribution in [3.05, 3.63) is 65.9 Å². The van der Waals surface area contributed by atoms with Crippen LogP contribution in [0.1, 0.15) is 16.1 Å². The molecule has 0 atom stereocenters. The van der Waals surface area contributed by atoms with Crippen LogP contribution >= 0.6 is 0 Å². The van der Waals surface area contributed by atoms with Gasteiger partial charge in [0.25, 0.3) is 0 Å². The van der Waals surface area contributed by atoms with Crippen molar-refractivity contribution in [2.45, 2.75) is 6.92 Å². The number of aromatic carboxylic acids is 1. The lowest BCUT2D eigenvalue weighted by atomic mass is 10.0. The molecule has 1 aromatic heterocycles. The molecule has 0 bridgehead atoms. The van der Waals surface area contributed by atoms with Gasteiger partial charge in [0.1, 0.15) is 0 Å². The van der Waals surface area contributed by atoms with Gasteiger partial charge in [-0.15, -0.1) is 0 Å². The molecular weight excluding hydrogens is 250 g/mol. The molecule has 3 rings (SSSR count). The molecule has 3 heteroatoms. The van der Waals surface area contributed by atoms with E-state index in [1.807, 2.05) is 42.5 Å². The number of pyridine rings is 1. The quantitative estimate of drug-likeness (QED) is 0.713. The molecule has 3 nitrogen and oxygen atoms in total. The van der Waals surface area contributed by atoms with Gasteiger partial charge in [-0.2, -0.15) is 0 Å². The van der Waals surface area contributed by atoms with Crippen LogP contribution in [-0.2, 0) is 0 Å². The van der Waals surface area contributed by atoms with Crippen molar-refractivity contribution in [3.8, 4) is 11.3 Å². The lowest BCUT2D eigenvalue weighted by Crippen LogP contribution is -2.23. The lowest BCUT2D eigenvalue weighted by molar-refractivity contribution is -0.255. The van der Waals surface area contributed by atoms with Gasteiger partial charge in [-0.25, -0.2) is 0 Å². The predicted molar refractivity (Wildman–Crippen MR) is 76.2 cm³/mol. The van der Waals surface area contributed by atoms with Crippen molar-refractivity contribution >= 4 is 16.7 Å². The summed E-state index contributed by atoms with van der Waals surface area (Å²) in [5.74, 6) is -1.19. The van der Waals surface area contributed by atoms with E-state index in [-0.39, 0.29) is 5.56 Å². The molecule has 0 saturated carbocycles. The fraction of sp³-hybridized carbons (Fsp3) is 0.0588. The maximum absolute atomic E-state index is 10.9. The smallest absolute Gasteiger partial charge is 0.0733 e. The van der Waals surface area contributed by atoms with Gasteiger partial charge in [0.15, 0.2) is 0 Å². The summed E-state index contributed by atoms with van der Waals surface area (Å²) in [6, 6.07) is 17.3. The highest BCUT2D eigenvalue weighted by atomic mass is 16.4. The number of carboxylic acid groups (broad SMARTS) is 1. The van der Waals surface area contributed by atoms with Crippen LogP contribution in [0.25, 0.3) is 22.0 Å². The van der Waals surface area contributed by atoms with E-state index < -0.39 is 5.97 Å². The zero-order valence-electron chi connectivity index (χ0n) is 11.0. The summed E-state index contributed by atoms with van der Waals surface area (Å²) in [4.78, 5) is 15.3. The van der Waals surface area contributed by atoms with Crippen LogP contribution in [0.15, 0.2) is 54.6 Å². The highest BCUT2D eigenvalue weighted by Crippen LogP contribution is 2.27. The van der Waals surface area contributed by atoms with Crippen molar-refractivity contribution in [2.75, 3.05) is 0 Å². The highest BCUT2D eigenvalue weighted by Gasteiger charge is 2.07. The van der Waals surface area contributed by atoms with Gasteiger partial charge in [-0.3, -0.25) is 4.98 Å². The summed E-state index contributed by atoms with van der Waals surface area (Å²) in [6.07, 6.45) is 0. The minimum atomic E-state index is -1.19. The average Bonchev–Trinajstić information content (AvgIpc) is 2.46. The number of aromatic nitrogens is 1. The number of carbonyl (C=O) groups excluding carboxylic acids is 1. The molecule has 0 aliphatic heterocycles. The third-order valence-corrected chi connectivity index (χ3v) is 3.37. The van der Waals surface area contributed by atoms with Crippen LogP contribution < -0.4 is 5.11 Å². The van der Waals surface area contributed by atoms with E-state index in [1.54, 1.807) is 19.1 Å². The Labute approximate surface area is 116 Å². The van der Waals surface area contributed by atoms with Crippen molar-refractivity contribution in [1.82, 2.24) is 4.98 Å². The first-order valence-corrected chi connectivity index (χ1v) is 6.34. The second kappa shape index (κ2) is 4.78. The molecular formula is C17H12NO2-. The molecule has 0 aliphatic rings. The van der Waals surface area contributed by atoms with E-state index >= 15 is 0 Å². The summed E-state index contributed by atoms with van der Waals surface area (Å²) >= 11 is 0. The summed E-state index contributed by atoms with van der Waals surface area (Å²) in [7, 11) is 0. The Morgan fingerprint density at radius 3 is 2.50 bits per heavy atom. The average molecular weight is 262 g/mol. The number of carbonyl (C=O) groups is 1. The van der Waals surface area contributed by atoms with Gasteiger partial charge in [-0.1, -0.05) is 42.5 Å². The van der Waals surface area contributed by atoms with Gasteiger partial charge >= 0.3 is 0 Å². The van der Waals surface area contributed by atoms with Gasteiger partial charge in [0, 0.05) is 16.8 Å². The largest absolute Gasteiger partial charge is 0.545 e. The molecule has 0 N–H and O–H groups in total. The monoisotopic (exact) mass is 262 g/mol. The number of hydrogen-bond donors (Lipinski definition) is 0. The Morgan fingerprint density at radius 2 is 1.75 bits per heavy atom. The van der Waals surface area contributed by atoms with Crippen molar-refractivity contribution in [3.63, 3.8) is 0 Å². The third-order valence-electron chi connectivity index (χ3n) is 3.37. The number of rotatable bonds is 2. The number of carboxylic acids is 1. The fourth-order valence-electron chi connectivity index (χ4n) is 2.38. The highest BCUT2D eigenvalue weighted by molar-refractivity contribution is 5.96. The first-order valence-electron chi connectivity index (χ1n) is 6.34. The van der Waals surface area contributed by atoms with Gasteiger partial charge in [0.2, 0.25) is 0 Å². The van der Waals surface area contributed by atoms with Gasteiger partial charge in [0.05, 0.1) is 11.7 Å². The van der Waals surface area contributed by atoms with Gasteiger partial charge in [-0.05, 0) is 29.8 Å². The molecule has 0 saturated heterocycles. The minimum Gasteiger partial charge on any atom is -0.545 e. The molecule has 20 heavy (non-hydrogen) atoms. The molecule has 2 aromatic carbocycles. The van der Waals surface area contributed by atoms with E-state index in [0.717, 1.165) is 22.0 Å². The van der Waals surface area contributed by atoms with Crippen molar-refractivity contribution in [2.24, 2.45) is 0 Å². The first kappa shape index (κ1) is 12.4. The van der Waals surface area contributed by atoms with Crippen molar-refractivity contribution in [1.29, 1.82) is 0 Å². The summed E-state index contributed by atoms with van der Waals surface area (Å²) in [6.45, 7) is 1.68. The van der Waals surface area contributed by atoms with Crippen LogP contribution in [0.3, 0.4) is 0 Å². The Bertz CT molecular complexity index is 804. The van der Waals surface area contributed by atoms with E-state index in [2.05, 4.69) is 4.98 Å². The summed E-state index contributed by atoms with van der Waals surface area (Å²) in [5.41, 5.74) is 2.37. The summed E-state index contributed by atoms with van der Waals surface area (Å²) in [5, 5.41) is 13.2. The molecule has 0 spiro atoms. The van der Waals surface area contributed by atoms with Gasteiger partial charge < -0.3 is 9.90 Å². The van der Waals surface area contributed by atoms with Crippen LogP contribution in [-0.4, -0.2) is 11.0 Å². The number of benzene rings is 2. The maximum atomic E-state index is 10.9. The van der Waals surface area contributed by atoms with E-state index in [9.17, 15) is 9.90 Å². The second-order valence-electron chi connectivity index (χ2n) is 4.64. The van der Waals surface area contributed by atoms with E-state index in [4.69, 9.17) is 0 Å². The fourth-order valence-corrected chi connectivity index (χ4v) is 2.38. The maximum Gasteiger partial charge on any atom is 0.0733 e. The Kier molecular flexibility index (Phi) is 2.95. The molecule has 3 aromatic rings. The van der Waals surface area contributed by atoms with Crippen LogP contribution in [0, 0.1) is 6.92 Å². The number of hydrogen-bond acceptors (Lipinski definition) is 3. The minimum absolute atomic E-state index is 0.133. The SMILES string of the molecule is Cc1nc(-c2cccc3ccccc23)ccc1C(=O)[O-]. The molecule has 0 amide bonds. The zero-order valence-corrected chi connectivity index (χ0v) is 11.0. The topological polar surface area (TPSA) is 53.0 Å².